The summed E-state index contributed by atoms with van der Waals surface area (Å²) in [7, 11) is -1.23. The van der Waals surface area contributed by atoms with Gasteiger partial charge in [0.25, 0.3) is 0 Å². The van der Waals surface area contributed by atoms with Gasteiger partial charge in [0.2, 0.25) is 0 Å². The van der Waals surface area contributed by atoms with Gasteiger partial charge in [-0.3, -0.25) is 4.98 Å². The van der Waals surface area contributed by atoms with Crippen LogP contribution in [-0.2, 0) is 20.1 Å². The number of hydrogen-bond acceptors (Lipinski definition) is 3. The fourth-order valence-corrected chi connectivity index (χ4v) is 8.50. The fraction of sp³-hybridized carbons (Fsp3) is 0.176. The average Bonchev–Trinajstić information content (AvgIpc) is 3.79. The summed E-state index contributed by atoms with van der Waals surface area (Å²) < 4.78 is 22.7. The Morgan fingerprint density at radius 2 is 1.40 bits per heavy atom. The van der Waals surface area contributed by atoms with Crippen LogP contribution in [0.3, 0.4) is 0 Å². The van der Waals surface area contributed by atoms with Gasteiger partial charge < -0.3 is 14.0 Å². The second kappa shape index (κ2) is 16.8. The molecule has 4 nitrogen and oxygen atoms in total. The van der Waals surface area contributed by atoms with Crippen LogP contribution in [0.4, 0.5) is 4.39 Å². The maximum absolute atomic E-state index is 14.1. The van der Waals surface area contributed by atoms with Gasteiger partial charge in [-0.15, -0.1) is 54.1 Å². The summed E-state index contributed by atoms with van der Waals surface area (Å²) in [5, 5.41) is 3.18. The molecule has 1 radical (unpaired) electrons. The van der Waals surface area contributed by atoms with Crippen LogP contribution in [0.1, 0.15) is 50.7 Å². The second-order valence-corrected chi connectivity index (χ2v) is 21.3. The number of halogens is 1. The van der Waals surface area contributed by atoms with E-state index in [0.717, 1.165) is 50.1 Å². The summed E-state index contributed by atoms with van der Waals surface area (Å²) in [6.45, 7) is 16.0. The number of benzene rings is 6. The molecule has 6 aromatic carbocycles. The van der Waals surface area contributed by atoms with E-state index in [4.69, 9.17) is 9.40 Å². The zero-order valence-corrected chi connectivity index (χ0v) is 37.3. The maximum Gasteiger partial charge on any atom is 0.126 e. The van der Waals surface area contributed by atoms with Gasteiger partial charge in [0.05, 0.1) is 30.5 Å². The minimum atomic E-state index is -1.23. The van der Waals surface area contributed by atoms with Gasteiger partial charge in [0.15, 0.2) is 0 Å². The molecule has 9 aromatic rings. The standard InChI is InChI=1S/C37H30FN2O.C14H16NSi.Ir/c1-22(2)30-19-25(24-11-6-5-7-12-24)20-31(23(3)4)35(30)40-33-16-9-8-15-32(33)39-37(40)29-14-10-13-28-27-18-17-26(38)21-34(27)41-36(28)29;1-16(2,3)13-9-10-14(15-11-13)12-7-5-4-6-8-12;/h5-13,15-23H,1-4H3;4-7,9-11H,1-3H3;/q2*-1;. The van der Waals surface area contributed by atoms with E-state index in [1.807, 2.05) is 54.7 Å². The summed E-state index contributed by atoms with van der Waals surface area (Å²) in [6.07, 6.45) is 2.02. The van der Waals surface area contributed by atoms with Crippen molar-refractivity contribution in [1.82, 2.24) is 14.5 Å². The van der Waals surface area contributed by atoms with Crippen LogP contribution >= 0.6 is 0 Å². The van der Waals surface area contributed by atoms with Crippen LogP contribution in [-0.4, -0.2) is 22.6 Å². The molecule has 0 amide bonds. The van der Waals surface area contributed by atoms with Crippen molar-refractivity contribution in [3.05, 3.63) is 169 Å². The van der Waals surface area contributed by atoms with Crippen molar-refractivity contribution in [2.75, 3.05) is 0 Å². The van der Waals surface area contributed by atoms with Crippen LogP contribution in [0.15, 0.2) is 144 Å². The number of aromatic nitrogens is 3. The number of imidazole rings is 1. The van der Waals surface area contributed by atoms with E-state index in [0.29, 0.717) is 11.2 Å². The number of pyridine rings is 1. The van der Waals surface area contributed by atoms with Crippen molar-refractivity contribution in [3.63, 3.8) is 0 Å². The summed E-state index contributed by atoms with van der Waals surface area (Å²) in [5.41, 5.74) is 12.0. The largest absolute Gasteiger partial charge is 0.500 e. The minimum absolute atomic E-state index is 0. The summed E-state index contributed by atoms with van der Waals surface area (Å²) in [4.78, 5) is 9.70. The molecule has 293 valence electrons. The minimum Gasteiger partial charge on any atom is -0.500 e. The molecule has 3 aromatic heterocycles. The molecule has 3 heterocycles. The van der Waals surface area contributed by atoms with Crippen LogP contribution in [0.2, 0.25) is 19.6 Å². The first-order valence-electron chi connectivity index (χ1n) is 19.7. The second-order valence-electron chi connectivity index (χ2n) is 16.2. The number of furan rings is 1. The Labute approximate surface area is 355 Å². The van der Waals surface area contributed by atoms with Crippen molar-refractivity contribution in [2.24, 2.45) is 0 Å². The van der Waals surface area contributed by atoms with Crippen molar-refractivity contribution >= 4 is 46.2 Å². The molecule has 58 heavy (non-hydrogen) atoms. The number of para-hydroxylation sites is 2. The first kappa shape index (κ1) is 40.7. The van der Waals surface area contributed by atoms with Crippen molar-refractivity contribution in [2.45, 2.75) is 59.2 Å². The molecule has 0 unspecified atom stereocenters. The van der Waals surface area contributed by atoms with E-state index >= 15 is 0 Å². The van der Waals surface area contributed by atoms with Crippen LogP contribution < -0.4 is 5.19 Å². The smallest absolute Gasteiger partial charge is 0.126 e. The first-order chi connectivity index (χ1) is 27.5. The van der Waals surface area contributed by atoms with Crippen LogP contribution in [0, 0.1) is 17.9 Å². The van der Waals surface area contributed by atoms with Gasteiger partial charge >= 0.3 is 0 Å². The van der Waals surface area contributed by atoms with Crippen LogP contribution in [0.5, 0.6) is 0 Å². The maximum atomic E-state index is 14.1. The third-order valence-corrected chi connectivity index (χ3v) is 12.6. The average molecular weight is 956 g/mol. The fourth-order valence-electron chi connectivity index (χ4n) is 7.47. The molecule has 0 saturated carbocycles. The predicted octanol–water partition coefficient (Wildman–Crippen LogP) is 13.5. The SMILES string of the molecule is CC(C)c1cc(-c2ccccc2)cc(C(C)C)c1-n1c(-c2[c-]ccc3c2oc2cc(F)ccc23)nc2ccccc21.C[Si](C)(C)c1ccc(-c2[c-]cccc2)nc1.[Ir]. The quantitative estimate of drug-likeness (QED) is 0.118. The Balaban J connectivity index is 0.000000254. The van der Waals surface area contributed by atoms with Crippen molar-refractivity contribution in [1.29, 1.82) is 0 Å². The topological polar surface area (TPSA) is 43.9 Å². The molecule has 7 heteroatoms. The summed E-state index contributed by atoms with van der Waals surface area (Å²) in [6, 6.07) is 50.9. The Morgan fingerprint density at radius 1 is 0.690 bits per heavy atom. The van der Waals surface area contributed by atoms with Gasteiger partial charge in [-0.25, -0.2) is 4.39 Å². The molecule has 0 aliphatic heterocycles. The van der Waals surface area contributed by atoms with E-state index in [9.17, 15) is 4.39 Å². The molecule has 0 fully saturated rings. The number of hydrogen-bond donors (Lipinski definition) is 0. The van der Waals surface area contributed by atoms with E-state index in [1.165, 1.54) is 39.6 Å². The van der Waals surface area contributed by atoms with Crippen molar-refractivity contribution < 1.29 is 28.9 Å². The van der Waals surface area contributed by atoms with E-state index in [1.54, 1.807) is 6.07 Å². The van der Waals surface area contributed by atoms with E-state index < -0.39 is 8.07 Å². The first-order valence-corrected chi connectivity index (χ1v) is 23.2. The van der Waals surface area contributed by atoms with E-state index in [-0.39, 0.29) is 37.8 Å². The molecule has 0 spiro atoms. The predicted molar refractivity (Wildman–Crippen MR) is 238 cm³/mol. The van der Waals surface area contributed by atoms with Gasteiger partial charge in [-0.2, -0.15) is 0 Å². The summed E-state index contributed by atoms with van der Waals surface area (Å²) in [5.74, 6) is 0.951. The molecule has 0 N–H and O–H groups in total. The van der Waals surface area contributed by atoms with Gasteiger partial charge in [0.1, 0.15) is 11.4 Å². The molecular formula is C51H46FIrN3OSi-2. The monoisotopic (exact) mass is 956 g/mol. The number of fused-ring (bicyclic) bond motifs is 4. The Morgan fingerprint density at radius 3 is 2.05 bits per heavy atom. The summed E-state index contributed by atoms with van der Waals surface area (Å²) >= 11 is 0. The Kier molecular flexibility index (Phi) is 11.8. The number of nitrogens with zero attached hydrogens (tertiary/aromatic N) is 3. The zero-order chi connectivity index (χ0) is 39.8. The van der Waals surface area contributed by atoms with E-state index in [2.05, 4.69) is 136 Å². The molecule has 9 rings (SSSR count). The molecular weight excluding hydrogens is 910 g/mol. The normalized spacial score (nSPS) is 11.6. The third kappa shape index (κ3) is 8.00. The molecule has 0 aliphatic rings. The Bertz CT molecular complexity index is 2810. The molecule has 0 saturated heterocycles. The van der Waals surface area contributed by atoms with Gasteiger partial charge in [-0.1, -0.05) is 113 Å². The van der Waals surface area contributed by atoms with Crippen molar-refractivity contribution in [3.8, 4) is 39.5 Å². The molecule has 0 bridgehead atoms. The van der Waals surface area contributed by atoms with Gasteiger partial charge in [-0.05, 0) is 81.4 Å². The molecule has 0 atom stereocenters. The third-order valence-electron chi connectivity index (χ3n) is 10.5. The zero-order valence-electron chi connectivity index (χ0n) is 33.9. The molecule has 0 aliphatic carbocycles. The van der Waals surface area contributed by atoms with Crippen LogP contribution in [0.25, 0.3) is 72.4 Å². The van der Waals surface area contributed by atoms with Gasteiger partial charge in [0, 0.05) is 43.4 Å². The Hall–Kier alpha value is -5.46. The number of rotatable bonds is 7.